The molecule has 0 aromatic carbocycles. The first-order chi connectivity index (χ1) is 5.86. The molecule has 0 radical (unpaired) electrons. The van der Waals surface area contributed by atoms with Gasteiger partial charge in [-0.25, -0.2) is 9.78 Å². The van der Waals surface area contributed by atoms with Crippen molar-refractivity contribution in [3.05, 3.63) is 30.9 Å². The molecule has 0 bridgehead atoms. The fourth-order valence-electron chi connectivity index (χ4n) is 1.06. The lowest BCUT2D eigenvalue weighted by Gasteiger charge is -1.95. The molecule has 1 amide bonds. The number of hydrogen-bond donors (Lipinski definition) is 0. The van der Waals surface area contributed by atoms with E-state index >= 15 is 0 Å². The van der Waals surface area contributed by atoms with Gasteiger partial charge in [0.05, 0.1) is 12.4 Å². The molecule has 0 N–H and O–H groups in total. The predicted octanol–water partition coefficient (Wildman–Crippen LogP) is 0.0203. The third-order valence-corrected chi connectivity index (χ3v) is 1.66. The van der Waals surface area contributed by atoms with Crippen molar-refractivity contribution in [2.45, 2.75) is 6.67 Å². The summed E-state index contributed by atoms with van der Waals surface area (Å²) >= 11 is 0. The highest BCUT2D eigenvalue weighted by molar-refractivity contribution is 5.93. The Kier molecular flexibility index (Phi) is 1.59. The Hall–Kier alpha value is -1.71. The van der Waals surface area contributed by atoms with Crippen molar-refractivity contribution in [3.8, 4) is 0 Å². The molecule has 0 aliphatic carbocycles. The Morgan fingerprint density at radius 1 is 1.58 bits per heavy atom. The molecular weight excluding hydrogens is 154 g/mol. The number of aromatic nitrogens is 2. The normalized spacial score (nSPS) is 15.3. The maximum atomic E-state index is 11.1. The second kappa shape index (κ2) is 2.73. The van der Waals surface area contributed by atoms with Crippen LogP contribution in [0.3, 0.4) is 0 Å². The molecule has 12 heavy (non-hydrogen) atoms. The zero-order chi connectivity index (χ0) is 8.39. The number of carbonyl (C=O) groups is 1. The summed E-state index contributed by atoms with van der Waals surface area (Å²) in [6.07, 6.45) is 10.2. The Bertz CT molecular complexity index is 348. The Labute approximate surface area is 69.5 Å². The average Bonchev–Trinajstić information content (AvgIpc) is 2.65. The third-order valence-electron chi connectivity index (χ3n) is 1.66. The number of rotatable bonds is 2. The minimum absolute atomic E-state index is 0.0173. The Morgan fingerprint density at radius 3 is 3.08 bits per heavy atom. The molecule has 60 valence electrons. The van der Waals surface area contributed by atoms with Gasteiger partial charge in [-0.1, -0.05) is 0 Å². The number of amides is 1. The maximum Gasteiger partial charge on any atom is 0.413 e. The van der Waals surface area contributed by atoms with E-state index < -0.39 is 0 Å². The van der Waals surface area contributed by atoms with Crippen molar-refractivity contribution in [2.75, 3.05) is 0 Å². The van der Waals surface area contributed by atoms with Gasteiger partial charge in [0.2, 0.25) is 6.67 Å². The van der Waals surface area contributed by atoms with Crippen molar-refractivity contribution < 1.29 is 9.37 Å². The molecule has 1 aromatic heterocycles. The fraction of sp³-hybridized carbons (Fsp3) is 0.125. The van der Waals surface area contributed by atoms with Crippen LogP contribution < -0.4 is 0 Å². The van der Waals surface area contributed by atoms with Crippen LogP contribution in [-0.4, -0.2) is 26.2 Å². The lowest BCUT2D eigenvalue weighted by atomic mass is 10.6. The minimum atomic E-state index is 0.0173. The van der Waals surface area contributed by atoms with Crippen LogP contribution in [0.2, 0.25) is 0 Å². The van der Waals surface area contributed by atoms with Crippen molar-refractivity contribution in [3.63, 3.8) is 0 Å². The zero-order valence-electron chi connectivity index (χ0n) is 6.42. The first-order valence-corrected chi connectivity index (χ1v) is 3.64. The van der Waals surface area contributed by atoms with E-state index in [0.717, 1.165) is 0 Å². The molecule has 1 aromatic rings. The SMILES string of the molecule is O=C1C=CC=[N+]1Cn1ccnc1. The summed E-state index contributed by atoms with van der Waals surface area (Å²) in [5.74, 6) is 0.0173. The average molecular weight is 162 g/mol. The van der Waals surface area contributed by atoms with Gasteiger partial charge in [0.15, 0.2) is 6.21 Å². The van der Waals surface area contributed by atoms with Crippen LogP contribution in [0.15, 0.2) is 30.9 Å². The van der Waals surface area contributed by atoms with E-state index in [1.165, 1.54) is 6.08 Å². The van der Waals surface area contributed by atoms with Crippen LogP contribution in [0.5, 0.6) is 0 Å². The first-order valence-electron chi connectivity index (χ1n) is 3.64. The van der Waals surface area contributed by atoms with Crippen molar-refractivity contribution in [1.29, 1.82) is 0 Å². The summed E-state index contributed by atoms with van der Waals surface area (Å²) in [6, 6.07) is 0. The standard InChI is InChI=1S/C8H8N3O/c12-8-2-1-4-11(8)7-10-5-3-9-6-10/h1-6H,7H2/q+1. The predicted molar refractivity (Wildman–Crippen MR) is 42.7 cm³/mol. The van der Waals surface area contributed by atoms with E-state index in [-0.39, 0.29) is 5.91 Å². The second-order valence-corrected chi connectivity index (χ2v) is 2.53. The van der Waals surface area contributed by atoms with Gasteiger partial charge in [-0.05, 0) is 0 Å². The van der Waals surface area contributed by atoms with E-state index in [9.17, 15) is 4.79 Å². The quantitative estimate of drug-likeness (QED) is 0.575. The van der Waals surface area contributed by atoms with E-state index in [4.69, 9.17) is 0 Å². The van der Waals surface area contributed by atoms with Gasteiger partial charge in [-0.2, -0.15) is 0 Å². The minimum Gasteiger partial charge on any atom is -0.281 e. The van der Waals surface area contributed by atoms with E-state index in [2.05, 4.69) is 4.98 Å². The summed E-state index contributed by atoms with van der Waals surface area (Å²) < 4.78 is 3.45. The molecule has 0 spiro atoms. The van der Waals surface area contributed by atoms with Crippen molar-refractivity contribution in [2.24, 2.45) is 0 Å². The van der Waals surface area contributed by atoms with Crippen molar-refractivity contribution in [1.82, 2.24) is 9.55 Å². The van der Waals surface area contributed by atoms with Gasteiger partial charge in [-0.15, -0.1) is 4.58 Å². The van der Waals surface area contributed by atoms with Crippen LogP contribution in [0, 0.1) is 0 Å². The highest BCUT2D eigenvalue weighted by atomic mass is 16.2. The molecule has 4 nitrogen and oxygen atoms in total. The summed E-state index contributed by atoms with van der Waals surface area (Å²) in [5.41, 5.74) is 0. The summed E-state index contributed by atoms with van der Waals surface area (Å²) in [7, 11) is 0. The fourth-order valence-corrected chi connectivity index (χ4v) is 1.06. The number of carbonyl (C=O) groups excluding carboxylic acids is 1. The Balaban J connectivity index is 2.11. The van der Waals surface area contributed by atoms with Gasteiger partial charge < -0.3 is 0 Å². The third kappa shape index (κ3) is 1.18. The summed E-state index contributed by atoms with van der Waals surface area (Å²) in [4.78, 5) is 15.0. The zero-order valence-corrected chi connectivity index (χ0v) is 6.42. The van der Waals surface area contributed by atoms with E-state index in [1.807, 2.05) is 10.8 Å². The molecule has 0 atom stereocenters. The van der Waals surface area contributed by atoms with Crippen molar-refractivity contribution >= 4 is 12.1 Å². The van der Waals surface area contributed by atoms with Gasteiger partial charge in [0.25, 0.3) is 0 Å². The topological polar surface area (TPSA) is 37.9 Å². The van der Waals surface area contributed by atoms with Gasteiger partial charge in [-0.3, -0.25) is 4.57 Å². The first kappa shape index (κ1) is 6.97. The number of nitrogens with zero attached hydrogens (tertiary/aromatic N) is 3. The molecule has 0 saturated carbocycles. The highest BCUT2D eigenvalue weighted by Crippen LogP contribution is 1.93. The van der Waals surface area contributed by atoms with Gasteiger partial charge in [0.1, 0.15) is 0 Å². The molecular formula is C8H8N3O+. The summed E-state index contributed by atoms with van der Waals surface area (Å²) in [6.45, 7) is 0.534. The smallest absolute Gasteiger partial charge is 0.281 e. The number of imidazole rings is 1. The highest BCUT2D eigenvalue weighted by Gasteiger charge is 2.17. The van der Waals surface area contributed by atoms with Crippen LogP contribution in [0.25, 0.3) is 0 Å². The second-order valence-electron chi connectivity index (χ2n) is 2.53. The number of hydrogen-bond acceptors (Lipinski definition) is 2. The van der Waals surface area contributed by atoms with Gasteiger partial charge >= 0.3 is 5.91 Å². The molecule has 0 saturated heterocycles. The molecule has 0 fully saturated rings. The number of allylic oxidation sites excluding steroid dienone is 1. The van der Waals surface area contributed by atoms with E-state index in [0.29, 0.717) is 6.67 Å². The van der Waals surface area contributed by atoms with E-state index in [1.54, 1.807) is 29.4 Å². The molecule has 2 heterocycles. The van der Waals surface area contributed by atoms with Crippen LogP contribution in [0.4, 0.5) is 0 Å². The maximum absolute atomic E-state index is 11.1. The lowest BCUT2D eigenvalue weighted by Crippen LogP contribution is -2.18. The van der Waals surface area contributed by atoms with Gasteiger partial charge in [0, 0.05) is 18.5 Å². The van der Waals surface area contributed by atoms with Crippen LogP contribution >= 0.6 is 0 Å². The largest absolute Gasteiger partial charge is 0.413 e. The molecule has 2 rings (SSSR count). The monoisotopic (exact) mass is 162 g/mol. The lowest BCUT2D eigenvalue weighted by molar-refractivity contribution is -0.469. The summed E-state index contributed by atoms with van der Waals surface area (Å²) in [5, 5.41) is 0. The molecule has 0 unspecified atom stereocenters. The van der Waals surface area contributed by atoms with Crippen LogP contribution in [-0.2, 0) is 11.5 Å². The molecule has 1 aliphatic rings. The molecule has 1 aliphatic heterocycles. The molecule has 4 heteroatoms. The Morgan fingerprint density at radius 2 is 2.50 bits per heavy atom. The van der Waals surface area contributed by atoms with Crippen LogP contribution in [0.1, 0.15) is 0 Å².